The fourth-order valence-corrected chi connectivity index (χ4v) is 3.94. The molecule has 203 valence electrons. The van der Waals surface area contributed by atoms with Gasteiger partial charge in [-0.1, -0.05) is 72.7 Å². The maximum atomic E-state index is 10.0. The minimum absolute atomic E-state index is 0. The van der Waals surface area contributed by atoms with Crippen LogP contribution in [0.3, 0.4) is 0 Å². The van der Waals surface area contributed by atoms with E-state index in [0.29, 0.717) is 0 Å². The second-order valence-electron chi connectivity index (χ2n) is 11.7. The molecule has 38 heavy (non-hydrogen) atoms. The van der Waals surface area contributed by atoms with Gasteiger partial charge in [0.15, 0.2) is 5.78 Å². The molecule has 2 aromatic carbocycles. The SMILES string of the molecule is CC(=O)/C=C(/C)O.Cc1[c-]c(-c2cc3oc(-c4ccc(C(C)(C)C)cc4)cc3cn2)cc(C(C)(C)C)c1.[Ir]. The Labute approximate surface area is 240 Å². The van der Waals surface area contributed by atoms with Crippen molar-refractivity contribution in [1.29, 1.82) is 0 Å². The number of carbonyl (C=O) groups is 1. The molecule has 4 rings (SSSR count). The predicted octanol–water partition coefficient (Wildman–Crippen LogP) is 8.90. The van der Waals surface area contributed by atoms with Crippen molar-refractivity contribution in [2.24, 2.45) is 0 Å². The van der Waals surface area contributed by atoms with Crippen molar-refractivity contribution in [1.82, 2.24) is 4.98 Å². The van der Waals surface area contributed by atoms with Crippen LogP contribution in [0.1, 0.15) is 72.1 Å². The molecule has 0 saturated carbocycles. The largest absolute Gasteiger partial charge is 0.512 e. The summed E-state index contributed by atoms with van der Waals surface area (Å²) in [7, 11) is 0. The van der Waals surface area contributed by atoms with Crippen LogP contribution in [0.4, 0.5) is 0 Å². The number of ketones is 1. The number of hydrogen-bond acceptors (Lipinski definition) is 4. The van der Waals surface area contributed by atoms with Crippen molar-refractivity contribution in [3.8, 4) is 22.6 Å². The van der Waals surface area contributed by atoms with Gasteiger partial charge in [-0.3, -0.25) is 4.79 Å². The smallest absolute Gasteiger partial charge is 0.155 e. The Morgan fingerprint density at radius 3 is 2.03 bits per heavy atom. The van der Waals surface area contributed by atoms with Crippen LogP contribution in [0.15, 0.2) is 71.0 Å². The Morgan fingerprint density at radius 1 is 0.921 bits per heavy atom. The molecule has 0 aliphatic rings. The zero-order valence-corrected chi connectivity index (χ0v) is 26.2. The van der Waals surface area contributed by atoms with Gasteiger partial charge >= 0.3 is 0 Å². The summed E-state index contributed by atoms with van der Waals surface area (Å²) in [6.07, 6.45) is 3.06. The van der Waals surface area contributed by atoms with E-state index in [1.54, 1.807) is 0 Å². The van der Waals surface area contributed by atoms with Crippen molar-refractivity contribution in [2.45, 2.75) is 73.1 Å². The van der Waals surface area contributed by atoms with E-state index in [2.05, 4.69) is 97.0 Å². The number of aliphatic hydroxyl groups excluding tert-OH is 1. The number of carbonyl (C=O) groups excluding carboxylic acids is 1. The first-order chi connectivity index (χ1) is 17.1. The zero-order valence-electron chi connectivity index (χ0n) is 23.8. The van der Waals surface area contributed by atoms with Crippen molar-refractivity contribution >= 4 is 16.8 Å². The molecule has 1 radical (unpaired) electrons. The maximum absolute atomic E-state index is 10.0. The van der Waals surface area contributed by atoms with Crippen LogP contribution in [0.2, 0.25) is 0 Å². The van der Waals surface area contributed by atoms with Crippen molar-refractivity contribution < 1.29 is 34.4 Å². The van der Waals surface area contributed by atoms with Crippen LogP contribution in [-0.2, 0) is 35.7 Å². The Kier molecular flexibility index (Phi) is 10.0. The monoisotopic (exact) mass is 689 g/mol. The first-order valence-corrected chi connectivity index (χ1v) is 12.6. The summed E-state index contributed by atoms with van der Waals surface area (Å²) >= 11 is 0. The maximum Gasteiger partial charge on any atom is 0.155 e. The Morgan fingerprint density at radius 2 is 1.53 bits per heavy atom. The number of allylic oxidation sites excluding steroid dienone is 2. The van der Waals surface area contributed by atoms with Gasteiger partial charge in [-0.2, -0.15) is 0 Å². The summed E-state index contributed by atoms with van der Waals surface area (Å²) in [5.41, 5.74) is 7.77. The Balaban J connectivity index is 0.000000561. The second-order valence-corrected chi connectivity index (χ2v) is 11.7. The minimum Gasteiger partial charge on any atom is -0.512 e. The summed E-state index contributed by atoms with van der Waals surface area (Å²) in [4.78, 5) is 14.7. The number of benzene rings is 2. The van der Waals surface area contributed by atoms with E-state index in [1.165, 1.54) is 31.1 Å². The molecule has 0 atom stereocenters. The number of nitrogens with zero attached hydrogens (tertiary/aromatic N) is 1. The summed E-state index contributed by atoms with van der Waals surface area (Å²) in [5, 5.41) is 9.37. The topological polar surface area (TPSA) is 63.3 Å². The molecule has 0 saturated heterocycles. The van der Waals surface area contributed by atoms with Crippen LogP contribution < -0.4 is 0 Å². The average molecular weight is 689 g/mol. The van der Waals surface area contributed by atoms with E-state index in [-0.39, 0.29) is 42.5 Å². The third-order valence-corrected chi connectivity index (χ3v) is 5.99. The molecule has 0 spiro atoms. The second kappa shape index (κ2) is 12.2. The molecule has 5 heteroatoms. The molecule has 0 bridgehead atoms. The van der Waals surface area contributed by atoms with E-state index in [4.69, 9.17) is 14.5 Å². The van der Waals surface area contributed by atoms with Crippen molar-refractivity contribution in [3.05, 3.63) is 89.3 Å². The molecule has 2 heterocycles. The fraction of sp³-hybridized carbons (Fsp3) is 0.333. The molecule has 0 aliphatic heterocycles. The number of fused-ring (bicyclic) bond motifs is 1. The van der Waals surface area contributed by atoms with Crippen LogP contribution in [0.5, 0.6) is 0 Å². The van der Waals surface area contributed by atoms with Crippen LogP contribution >= 0.6 is 0 Å². The molecule has 4 aromatic rings. The average Bonchev–Trinajstić information content (AvgIpc) is 3.20. The normalized spacial score (nSPS) is 12.0. The molecule has 1 N–H and O–H groups in total. The van der Waals surface area contributed by atoms with Gasteiger partial charge in [-0.15, -0.1) is 34.9 Å². The molecule has 0 unspecified atom stereocenters. The fourth-order valence-electron chi connectivity index (χ4n) is 3.94. The molecule has 0 aliphatic carbocycles. The van der Waals surface area contributed by atoms with E-state index in [9.17, 15) is 4.79 Å². The van der Waals surface area contributed by atoms with Crippen LogP contribution in [-0.4, -0.2) is 15.9 Å². The van der Waals surface area contributed by atoms with Crippen molar-refractivity contribution in [2.75, 3.05) is 0 Å². The third-order valence-electron chi connectivity index (χ3n) is 5.99. The van der Waals surface area contributed by atoms with Gasteiger partial charge in [-0.05, 0) is 48.1 Å². The van der Waals surface area contributed by atoms with Gasteiger partial charge < -0.3 is 14.5 Å². The number of aryl methyl sites for hydroxylation is 1. The van der Waals surface area contributed by atoms with E-state index < -0.39 is 0 Å². The van der Waals surface area contributed by atoms with E-state index >= 15 is 0 Å². The van der Waals surface area contributed by atoms with Crippen molar-refractivity contribution in [3.63, 3.8) is 0 Å². The first kappa shape index (κ1) is 31.2. The molecule has 0 amide bonds. The number of furan rings is 1. The molecule has 4 nitrogen and oxygen atoms in total. The van der Waals surface area contributed by atoms with Crippen LogP contribution in [0, 0.1) is 13.0 Å². The summed E-state index contributed by atoms with van der Waals surface area (Å²) in [6.45, 7) is 18.3. The summed E-state index contributed by atoms with van der Waals surface area (Å²) in [6, 6.07) is 20.6. The molecule has 2 aromatic heterocycles. The summed E-state index contributed by atoms with van der Waals surface area (Å²) < 4.78 is 6.22. The van der Waals surface area contributed by atoms with Crippen LogP contribution in [0.25, 0.3) is 33.6 Å². The number of pyridine rings is 1. The van der Waals surface area contributed by atoms with Gasteiger partial charge in [0.1, 0.15) is 11.3 Å². The summed E-state index contributed by atoms with van der Waals surface area (Å²) in [5.74, 6) is 0.806. The first-order valence-electron chi connectivity index (χ1n) is 12.6. The molecule has 0 fully saturated rings. The Bertz CT molecular complexity index is 1430. The number of hydrogen-bond donors (Lipinski definition) is 1. The number of rotatable bonds is 3. The third kappa shape index (κ3) is 8.24. The van der Waals surface area contributed by atoms with E-state index in [0.717, 1.165) is 39.1 Å². The number of aliphatic hydroxyl groups is 1. The molecular formula is C33H38IrNO3-. The van der Waals surface area contributed by atoms with Gasteiger partial charge in [0.05, 0.1) is 5.76 Å². The molecular weight excluding hydrogens is 651 g/mol. The quantitative estimate of drug-likeness (QED) is 0.133. The van der Waals surface area contributed by atoms with E-state index in [1.807, 2.05) is 12.3 Å². The standard InChI is InChI=1S/C28H30NO.C5H8O2.Ir/c1-18-12-20(14-23(13-18)28(5,6)7)24-16-26-21(17-29-24)15-25(30-26)19-8-10-22(11-9-19)27(2,3)4;1-4(6)3-5(2)7;/h8-11,13-17H,1-7H3;3,6H,1-2H3;/q-1;;/b;4-3-;. The van der Waals surface area contributed by atoms with Gasteiger partial charge in [0.25, 0.3) is 0 Å². The zero-order chi connectivity index (χ0) is 27.5. The van der Waals surface area contributed by atoms with Gasteiger partial charge in [-0.25, -0.2) is 0 Å². The minimum atomic E-state index is -0.125. The predicted molar refractivity (Wildman–Crippen MR) is 153 cm³/mol. The number of aromatic nitrogens is 1. The Hall–Kier alpha value is -3.01. The van der Waals surface area contributed by atoms with Gasteiger partial charge in [0.2, 0.25) is 0 Å². The van der Waals surface area contributed by atoms with Gasteiger partial charge in [0, 0.05) is 43.3 Å².